The predicted molar refractivity (Wildman–Crippen MR) is 320 cm³/mol. The van der Waals surface area contributed by atoms with Crippen LogP contribution in [-0.4, -0.2) is 6.15 Å². The molecule has 8 heteroatoms. The summed E-state index contributed by atoms with van der Waals surface area (Å²) in [4.78, 5) is 0. The maximum atomic E-state index is 7.32. The Kier molecular flexibility index (Phi) is 28.4. The van der Waals surface area contributed by atoms with Crippen LogP contribution in [0.4, 0.5) is 0 Å². The van der Waals surface area contributed by atoms with Gasteiger partial charge < -0.3 is 0 Å². The van der Waals surface area contributed by atoms with Crippen LogP contribution in [0, 0.1) is 34.0 Å². The van der Waals surface area contributed by atoms with Gasteiger partial charge in [-0.15, -0.1) is 0 Å². The Bertz CT molecular complexity index is 2620. The molecule has 0 heterocycles. The SMILES string of the molecule is CC#N.CC#N.CC#N.[Cl][Ru+].c1ccc(P(c2ccccc2)c2ccccc2)cc1.c1ccc(P(c2ccccc2)c2ccccc2)cc1.c1ccc([B-](c2ccccc2)(c2ccccc2)c2ccccc2)cc1. The number of halogens is 1. The first-order valence-corrected chi connectivity index (χ1v) is 28.8. The van der Waals surface area contributed by atoms with Crippen LogP contribution in [0.5, 0.6) is 0 Å². The summed E-state index contributed by atoms with van der Waals surface area (Å²) in [6.45, 7) is 4.29. The van der Waals surface area contributed by atoms with Crippen molar-refractivity contribution in [2.24, 2.45) is 0 Å². The summed E-state index contributed by atoms with van der Waals surface area (Å²) in [5.41, 5.74) is 5.36. The minimum Gasteiger partial charge on any atom is -0.195 e. The second-order valence-electron chi connectivity index (χ2n) is 15.9. The van der Waals surface area contributed by atoms with Crippen LogP contribution >= 0.6 is 25.5 Å². The zero-order valence-corrected chi connectivity index (χ0v) is 46.2. The van der Waals surface area contributed by atoms with Gasteiger partial charge in [0, 0.05) is 20.8 Å². The Morgan fingerprint density at radius 2 is 0.365 bits per heavy atom. The predicted octanol–water partition coefficient (Wildman–Crippen LogP) is 12.2. The summed E-state index contributed by atoms with van der Waals surface area (Å²) in [7, 11) is 3.68. The van der Waals surface area contributed by atoms with E-state index in [-0.39, 0.29) is 0 Å². The summed E-state index contributed by atoms with van der Waals surface area (Å²) < 4.78 is 0. The molecule has 366 valence electrons. The summed E-state index contributed by atoms with van der Waals surface area (Å²) >= 11 is 1.82. The average molecular weight is 1100 g/mol. The molecule has 0 radical (unpaired) electrons. The Morgan fingerprint density at radius 1 is 0.257 bits per heavy atom. The molecule has 0 saturated heterocycles. The Morgan fingerprint density at radius 3 is 0.486 bits per heavy atom. The van der Waals surface area contributed by atoms with Crippen molar-refractivity contribution in [2.75, 3.05) is 0 Å². The molecule has 0 saturated carbocycles. The van der Waals surface area contributed by atoms with Gasteiger partial charge in [0.1, 0.15) is 6.15 Å². The van der Waals surface area contributed by atoms with E-state index in [0.717, 1.165) is 0 Å². The van der Waals surface area contributed by atoms with Crippen LogP contribution in [-0.2, 0) is 17.3 Å². The molecule has 0 amide bonds. The minimum atomic E-state index is -1.22. The fourth-order valence-electron chi connectivity index (χ4n) is 8.48. The molecule has 10 aromatic carbocycles. The number of hydrogen-bond donors (Lipinski definition) is 0. The average Bonchev–Trinajstić information content (AvgIpc) is 3.48. The van der Waals surface area contributed by atoms with Gasteiger partial charge in [0.2, 0.25) is 0 Å². The van der Waals surface area contributed by atoms with Crippen LogP contribution in [0.1, 0.15) is 20.8 Å². The Hall–Kier alpha value is -7.49. The first-order chi connectivity index (χ1) is 36.6. The van der Waals surface area contributed by atoms with E-state index in [1.165, 1.54) is 74.4 Å². The fourth-order valence-corrected chi connectivity index (χ4v) is 13.1. The molecule has 3 nitrogen and oxygen atoms in total. The summed E-state index contributed by atoms with van der Waals surface area (Å²) in [5.74, 6) is 0. The minimum absolute atomic E-state index is 0.446. The summed E-state index contributed by atoms with van der Waals surface area (Å²) in [5, 5.41) is 30.3. The van der Waals surface area contributed by atoms with E-state index in [1.54, 1.807) is 18.2 Å². The summed E-state index contributed by atoms with van der Waals surface area (Å²) in [6, 6.07) is 113. The quantitative estimate of drug-likeness (QED) is 0.101. The molecule has 0 unspecified atom stereocenters. The number of nitrogens with zero attached hydrogens (tertiary/aromatic N) is 3. The number of nitriles is 3. The molecule has 0 bridgehead atoms. The molecular formula is C66H59BClN3P2Ru. The molecule has 0 N–H and O–H groups in total. The van der Waals surface area contributed by atoms with E-state index in [1.807, 2.05) is 17.3 Å². The van der Waals surface area contributed by atoms with Gasteiger partial charge in [-0.3, -0.25) is 0 Å². The van der Waals surface area contributed by atoms with E-state index < -0.39 is 22.0 Å². The van der Waals surface area contributed by atoms with Crippen LogP contribution in [0.2, 0.25) is 0 Å². The van der Waals surface area contributed by atoms with Gasteiger partial charge in [-0.1, -0.05) is 303 Å². The molecule has 10 rings (SSSR count). The van der Waals surface area contributed by atoms with Gasteiger partial charge in [0.15, 0.2) is 0 Å². The van der Waals surface area contributed by atoms with E-state index in [2.05, 4.69) is 313 Å². The van der Waals surface area contributed by atoms with Gasteiger partial charge in [-0.25, -0.2) is 0 Å². The van der Waals surface area contributed by atoms with Crippen molar-refractivity contribution in [3.63, 3.8) is 0 Å². The van der Waals surface area contributed by atoms with Crippen molar-refractivity contribution in [3.8, 4) is 18.2 Å². The molecule has 10 aromatic rings. The van der Waals surface area contributed by atoms with E-state index >= 15 is 0 Å². The molecule has 0 aliphatic heterocycles. The molecule has 0 aromatic heterocycles. The third kappa shape index (κ3) is 17.9. The molecule has 74 heavy (non-hydrogen) atoms. The fraction of sp³-hybridized carbons (Fsp3) is 0.0455. The van der Waals surface area contributed by atoms with Crippen LogP contribution in [0.3, 0.4) is 0 Å². The van der Waals surface area contributed by atoms with Crippen LogP contribution < -0.4 is 53.7 Å². The number of hydrogen-bond acceptors (Lipinski definition) is 3. The van der Waals surface area contributed by atoms with Crippen molar-refractivity contribution in [1.29, 1.82) is 15.8 Å². The van der Waals surface area contributed by atoms with Crippen LogP contribution in [0.15, 0.2) is 303 Å². The molecular weight excluding hydrogens is 1040 g/mol. The second-order valence-corrected chi connectivity index (χ2v) is 20.3. The molecule has 0 aliphatic carbocycles. The first-order valence-electron chi connectivity index (χ1n) is 23.9. The van der Waals surface area contributed by atoms with Crippen LogP contribution in [0.25, 0.3) is 0 Å². The zero-order valence-electron chi connectivity index (χ0n) is 41.9. The van der Waals surface area contributed by atoms with Crippen molar-refractivity contribution in [3.05, 3.63) is 303 Å². The maximum Gasteiger partial charge on any atom is 0.108 e. The maximum absolute atomic E-state index is 7.32. The topological polar surface area (TPSA) is 71.4 Å². The smallest absolute Gasteiger partial charge is 0.108 e. The Balaban J connectivity index is 0.000000221. The summed E-state index contributed by atoms with van der Waals surface area (Å²) in [6.07, 6.45) is -1.22. The van der Waals surface area contributed by atoms with Crippen molar-refractivity contribution < 1.29 is 17.3 Å². The van der Waals surface area contributed by atoms with Gasteiger partial charge in [-0.05, 0) is 47.7 Å². The van der Waals surface area contributed by atoms with E-state index in [9.17, 15) is 0 Å². The number of rotatable bonds is 10. The number of benzene rings is 10. The van der Waals surface area contributed by atoms with Crippen molar-refractivity contribution >= 4 is 85.4 Å². The van der Waals surface area contributed by atoms with Gasteiger partial charge in [0.25, 0.3) is 0 Å². The van der Waals surface area contributed by atoms with Gasteiger partial charge in [0.05, 0.1) is 18.2 Å². The van der Waals surface area contributed by atoms with E-state index in [4.69, 9.17) is 15.8 Å². The van der Waals surface area contributed by atoms with E-state index in [0.29, 0.717) is 0 Å². The third-order valence-corrected chi connectivity index (χ3v) is 16.2. The van der Waals surface area contributed by atoms with Crippen molar-refractivity contribution in [1.82, 2.24) is 0 Å². The largest absolute Gasteiger partial charge is 0.195 e. The molecule has 0 fully saturated rings. The van der Waals surface area contributed by atoms with Crippen molar-refractivity contribution in [2.45, 2.75) is 20.8 Å². The molecule has 0 spiro atoms. The normalized spacial score (nSPS) is 9.62. The first kappa shape index (κ1) is 59.1. The molecule has 0 atom stereocenters. The Labute approximate surface area is 457 Å². The van der Waals surface area contributed by atoms with Gasteiger partial charge >= 0.3 is 27.0 Å². The monoisotopic (exact) mass is 1100 g/mol. The zero-order chi connectivity index (χ0) is 52.9. The third-order valence-electron chi connectivity index (χ3n) is 11.3. The second kappa shape index (κ2) is 35.6. The standard InChI is InChI=1S/C24H20B.2C18H15P.3C2H3N.ClH.Ru/c1-5-13-21(14-6-1)25(22-15-7-2-8-16-22,23-17-9-3-10-18-23)24-19-11-4-12-20-24;2*1-4-10-16(11-5-1)19(17-12-6-2-7-13-17)18-14-8-3-9-15-18;3*1-2-3;;/h1-20H;2*1-15H;3*1H3;1H;/q-1;;;;;;;+2/p-1. The molecule has 0 aliphatic rings. The van der Waals surface area contributed by atoms with Gasteiger partial charge in [-0.2, -0.15) is 37.6 Å².